The Morgan fingerprint density at radius 3 is 2.48 bits per heavy atom. The van der Waals surface area contributed by atoms with E-state index >= 15 is 0 Å². The molecule has 5 nitrogen and oxygen atoms in total. The molecule has 106 valence electrons. The second-order valence-corrected chi connectivity index (χ2v) is 4.75. The van der Waals surface area contributed by atoms with Crippen LogP contribution in [-0.2, 0) is 6.54 Å². The minimum atomic E-state index is -0.412. The van der Waals surface area contributed by atoms with E-state index < -0.39 is 5.76 Å². The number of nitrogens with two attached hydrogens (primary N) is 1. The molecule has 0 amide bonds. The Bertz CT molecular complexity index is 873. The maximum absolute atomic E-state index is 12.4. The van der Waals surface area contributed by atoms with Gasteiger partial charge in [-0.3, -0.25) is 9.36 Å². The Balaban J connectivity index is 2.07. The Hall–Kier alpha value is -2.82. The van der Waals surface area contributed by atoms with Crippen molar-refractivity contribution in [3.05, 3.63) is 64.1 Å². The highest BCUT2D eigenvalue weighted by molar-refractivity contribution is 6.10. The molecule has 0 saturated heterocycles. The number of carbonyl (C=O) groups is 1. The lowest BCUT2D eigenvalue weighted by atomic mass is 10.0. The summed E-state index contributed by atoms with van der Waals surface area (Å²) in [5, 5.41) is 0. The number of ketones is 1. The molecule has 0 aliphatic heterocycles. The molecule has 0 spiro atoms. The largest absolute Gasteiger partial charge is 0.419 e. The number of rotatable bonds is 3. The summed E-state index contributed by atoms with van der Waals surface area (Å²) in [5.41, 5.74) is 8.34. The van der Waals surface area contributed by atoms with Crippen LogP contribution in [0.2, 0.25) is 0 Å². The first-order chi connectivity index (χ1) is 10.1. The van der Waals surface area contributed by atoms with E-state index in [1.165, 1.54) is 4.57 Å². The lowest BCUT2D eigenvalue weighted by Gasteiger charge is -2.02. The topological polar surface area (TPSA) is 78.2 Å². The average molecular weight is 282 g/mol. The van der Waals surface area contributed by atoms with Crippen molar-refractivity contribution >= 4 is 22.6 Å². The van der Waals surface area contributed by atoms with Gasteiger partial charge in [-0.25, -0.2) is 4.79 Å². The second-order valence-electron chi connectivity index (χ2n) is 4.75. The van der Waals surface area contributed by atoms with Crippen LogP contribution in [-0.4, -0.2) is 10.4 Å². The minimum absolute atomic E-state index is 0.135. The van der Waals surface area contributed by atoms with E-state index in [-0.39, 0.29) is 5.78 Å². The molecule has 3 aromatic rings. The summed E-state index contributed by atoms with van der Waals surface area (Å²) in [7, 11) is 0. The molecule has 1 aromatic heterocycles. The van der Waals surface area contributed by atoms with Gasteiger partial charge in [-0.15, -0.1) is 0 Å². The van der Waals surface area contributed by atoms with Crippen molar-refractivity contribution in [2.24, 2.45) is 0 Å². The molecule has 0 unspecified atom stereocenters. The number of aryl methyl sites for hydroxylation is 1. The van der Waals surface area contributed by atoms with Gasteiger partial charge in [0, 0.05) is 23.4 Å². The first-order valence-corrected chi connectivity index (χ1v) is 6.64. The molecule has 3 rings (SSSR count). The van der Waals surface area contributed by atoms with Gasteiger partial charge in [0.15, 0.2) is 11.4 Å². The molecule has 0 saturated carbocycles. The SMILES string of the molecule is CCn1c(=O)oc2cc(C(=O)c3ccc(N)cc3)ccc21. The van der Waals surface area contributed by atoms with Crippen LogP contribution in [0.4, 0.5) is 5.69 Å². The zero-order valence-corrected chi connectivity index (χ0v) is 11.5. The molecule has 1 heterocycles. The van der Waals surface area contributed by atoms with Gasteiger partial charge in [0.05, 0.1) is 5.52 Å². The van der Waals surface area contributed by atoms with Gasteiger partial charge in [0.25, 0.3) is 0 Å². The van der Waals surface area contributed by atoms with Gasteiger partial charge in [-0.05, 0) is 49.4 Å². The fraction of sp³-hybridized carbons (Fsp3) is 0.125. The second kappa shape index (κ2) is 4.94. The van der Waals surface area contributed by atoms with E-state index in [0.29, 0.717) is 34.5 Å². The zero-order chi connectivity index (χ0) is 15.0. The van der Waals surface area contributed by atoms with Crippen molar-refractivity contribution in [1.29, 1.82) is 0 Å². The van der Waals surface area contributed by atoms with Gasteiger partial charge < -0.3 is 10.2 Å². The lowest BCUT2D eigenvalue weighted by molar-refractivity contribution is 0.103. The van der Waals surface area contributed by atoms with Crippen LogP contribution in [0.3, 0.4) is 0 Å². The summed E-state index contributed by atoms with van der Waals surface area (Å²) in [6, 6.07) is 11.7. The standard InChI is InChI=1S/C16H14N2O3/c1-2-18-13-8-5-11(9-14(13)21-16(18)20)15(19)10-3-6-12(17)7-4-10/h3-9H,2,17H2,1H3. The monoisotopic (exact) mass is 282 g/mol. The minimum Gasteiger partial charge on any atom is -0.408 e. The average Bonchev–Trinajstić information content (AvgIpc) is 2.81. The van der Waals surface area contributed by atoms with Crippen LogP contribution in [0, 0.1) is 0 Å². The van der Waals surface area contributed by atoms with Crippen molar-refractivity contribution in [3.8, 4) is 0 Å². The van der Waals surface area contributed by atoms with Crippen LogP contribution in [0.1, 0.15) is 22.8 Å². The molecule has 0 radical (unpaired) electrons. The highest BCUT2D eigenvalue weighted by atomic mass is 16.4. The van der Waals surface area contributed by atoms with Crippen molar-refractivity contribution < 1.29 is 9.21 Å². The molecule has 2 aromatic carbocycles. The first kappa shape index (κ1) is 13.2. The number of oxazole rings is 1. The molecule has 0 bridgehead atoms. The van der Waals surface area contributed by atoms with E-state index in [1.54, 1.807) is 42.5 Å². The molecular weight excluding hydrogens is 268 g/mol. The van der Waals surface area contributed by atoms with Crippen LogP contribution in [0.5, 0.6) is 0 Å². The maximum atomic E-state index is 12.4. The summed E-state index contributed by atoms with van der Waals surface area (Å²) < 4.78 is 6.69. The number of aromatic nitrogens is 1. The fourth-order valence-electron chi connectivity index (χ4n) is 2.31. The molecule has 0 atom stereocenters. The molecule has 0 aliphatic rings. The van der Waals surface area contributed by atoms with E-state index in [2.05, 4.69) is 0 Å². The summed E-state index contributed by atoms with van der Waals surface area (Å²) in [6.45, 7) is 2.39. The van der Waals surface area contributed by atoms with Gasteiger partial charge in [-0.2, -0.15) is 0 Å². The highest BCUT2D eigenvalue weighted by Gasteiger charge is 2.13. The van der Waals surface area contributed by atoms with Crippen LogP contribution >= 0.6 is 0 Å². The van der Waals surface area contributed by atoms with Crippen LogP contribution < -0.4 is 11.5 Å². The number of anilines is 1. The van der Waals surface area contributed by atoms with Crippen LogP contribution in [0.25, 0.3) is 11.1 Å². The van der Waals surface area contributed by atoms with Crippen molar-refractivity contribution in [3.63, 3.8) is 0 Å². The number of nitrogen functional groups attached to an aromatic ring is 1. The molecule has 0 fully saturated rings. The summed E-state index contributed by atoms with van der Waals surface area (Å²) >= 11 is 0. The van der Waals surface area contributed by atoms with Crippen molar-refractivity contribution in [2.75, 3.05) is 5.73 Å². The first-order valence-electron chi connectivity index (χ1n) is 6.64. The van der Waals surface area contributed by atoms with E-state index in [0.717, 1.165) is 0 Å². The molecule has 21 heavy (non-hydrogen) atoms. The number of hydrogen-bond acceptors (Lipinski definition) is 4. The smallest absolute Gasteiger partial charge is 0.408 e. The normalized spacial score (nSPS) is 10.9. The van der Waals surface area contributed by atoms with Crippen molar-refractivity contribution in [2.45, 2.75) is 13.5 Å². The van der Waals surface area contributed by atoms with E-state index in [1.807, 2.05) is 6.92 Å². The predicted octanol–water partition coefficient (Wildman–Crippen LogP) is 2.43. The van der Waals surface area contributed by atoms with E-state index in [4.69, 9.17) is 10.2 Å². The number of hydrogen-bond donors (Lipinski definition) is 1. The molecule has 0 aliphatic carbocycles. The summed E-state index contributed by atoms with van der Waals surface area (Å²) in [5.74, 6) is -0.548. The molecular formula is C16H14N2O3. The Morgan fingerprint density at radius 1 is 1.14 bits per heavy atom. The number of nitrogens with zero attached hydrogens (tertiary/aromatic N) is 1. The summed E-state index contributed by atoms with van der Waals surface area (Å²) in [6.07, 6.45) is 0. The van der Waals surface area contributed by atoms with E-state index in [9.17, 15) is 9.59 Å². The third-order valence-corrected chi connectivity index (χ3v) is 3.42. The fourth-order valence-corrected chi connectivity index (χ4v) is 2.31. The zero-order valence-electron chi connectivity index (χ0n) is 11.5. The molecule has 2 N–H and O–H groups in total. The van der Waals surface area contributed by atoms with Gasteiger partial charge in [-0.1, -0.05) is 0 Å². The quantitative estimate of drug-likeness (QED) is 0.591. The summed E-state index contributed by atoms with van der Waals surface area (Å²) in [4.78, 5) is 24.1. The Kier molecular flexibility index (Phi) is 3.10. The third-order valence-electron chi connectivity index (χ3n) is 3.42. The highest BCUT2D eigenvalue weighted by Crippen LogP contribution is 2.18. The van der Waals surface area contributed by atoms with Crippen LogP contribution in [0.15, 0.2) is 51.7 Å². The number of fused-ring (bicyclic) bond motifs is 1. The number of carbonyl (C=O) groups excluding carboxylic acids is 1. The maximum Gasteiger partial charge on any atom is 0.419 e. The molecule has 5 heteroatoms. The number of benzene rings is 2. The third kappa shape index (κ3) is 2.23. The Labute approximate surface area is 120 Å². The van der Waals surface area contributed by atoms with Crippen molar-refractivity contribution in [1.82, 2.24) is 4.57 Å². The Morgan fingerprint density at radius 2 is 1.81 bits per heavy atom. The lowest BCUT2D eigenvalue weighted by Crippen LogP contribution is -2.11. The van der Waals surface area contributed by atoms with Gasteiger partial charge >= 0.3 is 5.76 Å². The van der Waals surface area contributed by atoms with Gasteiger partial charge in [0.1, 0.15) is 0 Å². The van der Waals surface area contributed by atoms with Gasteiger partial charge in [0.2, 0.25) is 0 Å². The predicted molar refractivity (Wildman–Crippen MR) is 80.4 cm³/mol.